The van der Waals surface area contributed by atoms with E-state index in [-0.39, 0.29) is 0 Å². The molecule has 110 valence electrons. The van der Waals surface area contributed by atoms with E-state index < -0.39 is 0 Å². The van der Waals surface area contributed by atoms with Gasteiger partial charge in [0, 0.05) is 24.3 Å². The summed E-state index contributed by atoms with van der Waals surface area (Å²) in [4.78, 5) is 0. The Morgan fingerprint density at radius 1 is 1.11 bits per heavy atom. The molecule has 1 rings (SSSR count). The van der Waals surface area contributed by atoms with Crippen molar-refractivity contribution in [2.24, 2.45) is 0 Å². The maximum Gasteiger partial charge on any atom is 0.0537 e. The summed E-state index contributed by atoms with van der Waals surface area (Å²) in [5.74, 6) is 0. The first-order chi connectivity index (χ1) is 9.31. The lowest BCUT2D eigenvalue weighted by atomic mass is 10.1. The Hall–Kier alpha value is -0.830. The molecule has 3 heteroatoms. The molecule has 3 nitrogen and oxygen atoms in total. The summed E-state index contributed by atoms with van der Waals surface area (Å²) in [6.07, 6.45) is 13.2. The topological polar surface area (TPSA) is 29.9 Å². The third-order valence-corrected chi connectivity index (χ3v) is 3.60. The lowest BCUT2D eigenvalue weighted by Gasteiger charge is -2.14. The average molecular weight is 265 g/mol. The molecule has 1 aromatic heterocycles. The van der Waals surface area contributed by atoms with Crippen LogP contribution in [0.15, 0.2) is 12.4 Å². The Labute approximate surface area is 118 Å². The first kappa shape index (κ1) is 16.2. The van der Waals surface area contributed by atoms with Crippen molar-refractivity contribution in [2.45, 2.75) is 78.3 Å². The Balaban J connectivity index is 2.33. The van der Waals surface area contributed by atoms with Gasteiger partial charge in [-0.1, -0.05) is 46.5 Å². The molecule has 0 radical (unpaired) electrons. The van der Waals surface area contributed by atoms with Crippen molar-refractivity contribution < 1.29 is 0 Å². The van der Waals surface area contributed by atoms with Crippen LogP contribution in [0.1, 0.15) is 77.3 Å². The first-order valence-corrected chi connectivity index (χ1v) is 8.07. The van der Waals surface area contributed by atoms with E-state index in [4.69, 9.17) is 0 Å². The summed E-state index contributed by atoms with van der Waals surface area (Å²) in [6.45, 7) is 8.84. The zero-order chi connectivity index (χ0) is 13.9. The third kappa shape index (κ3) is 6.24. The minimum atomic E-state index is 0.466. The van der Waals surface area contributed by atoms with Crippen LogP contribution in [-0.4, -0.2) is 16.3 Å². The van der Waals surface area contributed by atoms with Gasteiger partial charge in [0.1, 0.15) is 0 Å². The van der Waals surface area contributed by atoms with Crippen molar-refractivity contribution in [3.05, 3.63) is 18.0 Å². The standard InChI is InChI=1S/C16H31N3/c1-4-7-8-9-10-12-19-14-15(13-18-19)16(6-3)17-11-5-2/h13-14,16-17H,4-12H2,1-3H3. The second-order valence-corrected chi connectivity index (χ2v) is 5.37. The molecule has 0 aliphatic carbocycles. The van der Waals surface area contributed by atoms with E-state index in [2.05, 4.69) is 42.1 Å². The average Bonchev–Trinajstić information content (AvgIpc) is 2.88. The Bertz CT molecular complexity index is 320. The maximum atomic E-state index is 4.49. The van der Waals surface area contributed by atoms with Gasteiger partial charge in [0.05, 0.1) is 6.20 Å². The summed E-state index contributed by atoms with van der Waals surface area (Å²) in [5, 5.41) is 8.07. The van der Waals surface area contributed by atoms with Crippen LogP contribution in [0.4, 0.5) is 0 Å². The molecule has 0 saturated heterocycles. The second kappa shape index (κ2) is 10.0. The van der Waals surface area contributed by atoms with Gasteiger partial charge in [-0.25, -0.2) is 0 Å². The van der Waals surface area contributed by atoms with E-state index in [0.29, 0.717) is 6.04 Å². The molecule has 1 N–H and O–H groups in total. The van der Waals surface area contributed by atoms with Crippen LogP contribution in [0.2, 0.25) is 0 Å². The molecule has 0 bridgehead atoms. The van der Waals surface area contributed by atoms with Gasteiger partial charge >= 0.3 is 0 Å². The molecule has 19 heavy (non-hydrogen) atoms. The minimum absolute atomic E-state index is 0.466. The Morgan fingerprint density at radius 2 is 1.89 bits per heavy atom. The van der Waals surface area contributed by atoms with Gasteiger partial charge in [0.25, 0.3) is 0 Å². The van der Waals surface area contributed by atoms with Gasteiger partial charge in [-0.3, -0.25) is 4.68 Å². The zero-order valence-corrected chi connectivity index (χ0v) is 13.0. The molecule has 0 aromatic carbocycles. The number of hydrogen-bond donors (Lipinski definition) is 1. The van der Waals surface area contributed by atoms with E-state index in [1.807, 2.05) is 6.20 Å². The van der Waals surface area contributed by atoms with Gasteiger partial charge in [-0.15, -0.1) is 0 Å². The maximum absolute atomic E-state index is 4.49. The van der Waals surface area contributed by atoms with Crippen molar-refractivity contribution in [1.29, 1.82) is 0 Å². The minimum Gasteiger partial charge on any atom is -0.310 e. The number of unbranched alkanes of at least 4 members (excludes halogenated alkanes) is 4. The van der Waals surface area contributed by atoms with Crippen molar-refractivity contribution >= 4 is 0 Å². The van der Waals surface area contributed by atoms with Crippen LogP contribution in [0.5, 0.6) is 0 Å². The Morgan fingerprint density at radius 3 is 2.58 bits per heavy atom. The van der Waals surface area contributed by atoms with Crippen LogP contribution in [-0.2, 0) is 6.54 Å². The van der Waals surface area contributed by atoms with Crippen molar-refractivity contribution in [1.82, 2.24) is 15.1 Å². The largest absolute Gasteiger partial charge is 0.310 e. The molecule has 1 atom stereocenters. The molecular formula is C16H31N3. The number of nitrogens with zero attached hydrogens (tertiary/aromatic N) is 2. The Kier molecular flexibility index (Phi) is 8.55. The SMILES string of the molecule is CCCCCCCn1cc(C(CC)NCCC)cn1. The summed E-state index contributed by atoms with van der Waals surface area (Å²) >= 11 is 0. The highest BCUT2D eigenvalue weighted by molar-refractivity contribution is 5.10. The van der Waals surface area contributed by atoms with E-state index in [0.717, 1.165) is 19.5 Å². The number of hydrogen-bond acceptors (Lipinski definition) is 2. The predicted molar refractivity (Wildman–Crippen MR) is 82.3 cm³/mol. The molecule has 0 aliphatic heterocycles. The number of rotatable bonds is 11. The van der Waals surface area contributed by atoms with Gasteiger partial charge in [0.15, 0.2) is 0 Å². The van der Waals surface area contributed by atoms with Crippen LogP contribution < -0.4 is 5.32 Å². The lowest BCUT2D eigenvalue weighted by Crippen LogP contribution is -2.21. The van der Waals surface area contributed by atoms with Crippen LogP contribution in [0.25, 0.3) is 0 Å². The number of aryl methyl sites for hydroxylation is 1. The molecular weight excluding hydrogens is 234 g/mol. The summed E-state index contributed by atoms with van der Waals surface area (Å²) in [7, 11) is 0. The fraction of sp³-hybridized carbons (Fsp3) is 0.812. The van der Waals surface area contributed by atoms with Gasteiger partial charge < -0.3 is 5.32 Å². The predicted octanol–water partition coefficient (Wildman–Crippen LogP) is 4.30. The highest BCUT2D eigenvalue weighted by atomic mass is 15.3. The highest BCUT2D eigenvalue weighted by Gasteiger charge is 2.10. The second-order valence-electron chi connectivity index (χ2n) is 5.37. The molecule has 1 unspecified atom stereocenters. The summed E-state index contributed by atoms with van der Waals surface area (Å²) < 4.78 is 2.11. The van der Waals surface area contributed by atoms with E-state index >= 15 is 0 Å². The van der Waals surface area contributed by atoms with Crippen LogP contribution in [0, 0.1) is 0 Å². The van der Waals surface area contributed by atoms with E-state index in [1.165, 1.54) is 44.1 Å². The summed E-state index contributed by atoms with van der Waals surface area (Å²) in [5.41, 5.74) is 1.34. The van der Waals surface area contributed by atoms with Crippen LogP contribution in [0.3, 0.4) is 0 Å². The first-order valence-electron chi connectivity index (χ1n) is 8.07. The van der Waals surface area contributed by atoms with E-state index in [1.54, 1.807) is 0 Å². The monoisotopic (exact) mass is 265 g/mol. The van der Waals surface area contributed by atoms with Gasteiger partial charge in [-0.2, -0.15) is 5.10 Å². The van der Waals surface area contributed by atoms with Gasteiger partial charge in [-0.05, 0) is 25.8 Å². The molecule has 0 spiro atoms. The van der Waals surface area contributed by atoms with Crippen LogP contribution >= 0.6 is 0 Å². The molecule has 1 aromatic rings. The number of aromatic nitrogens is 2. The normalized spacial score (nSPS) is 12.8. The number of nitrogens with one attached hydrogen (secondary N) is 1. The fourth-order valence-corrected chi connectivity index (χ4v) is 2.38. The van der Waals surface area contributed by atoms with E-state index in [9.17, 15) is 0 Å². The lowest BCUT2D eigenvalue weighted by molar-refractivity contribution is 0.513. The fourth-order valence-electron chi connectivity index (χ4n) is 2.38. The van der Waals surface area contributed by atoms with Gasteiger partial charge in [0.2, 0.25) is 0 Å². The molecule has 0 amide bonds. The van der Waals surface area contributed by atoms with Crippen molar-refractivity contribution in [3.63, 3.8) is 0 Å². The molecule has 0 saturated carbocycles. The molecule has 0 aliphatic rings. The summed E-state index contributed by atoms with van der Waals surface area (Å²) in [6, 6.07) is 0.466. The zero-order valence-electron chi connectivity index (χ0n) is 13.0. The third-order valence-electron chi connectivity index (χ3n) is 3.60. The molecule has 1 heterocycles. The quantitative estimate of drug-likeness (QED) is 0.604. The smallest absolute Gasteiger partial charge is 0.0537 e. The highest BCUT2D eigenvalue weighted by Crippen LogP contribution is 2.16. The van der Waals surface area contributed by atoms with Crippen molar-refractivity contribution in [2.75, 3.05) is 6.54 Å². The molecule has 0 fully saturated rings. The van der Waals surface area contributed by atoms with Crippen molar-refractivity contribution in [3.8, 4) is 0 Å².